The van der Waals surface area contributed by atoms with Gasteiger partial charge < -0.3 is 21.5 Å². The molecule has 3 rings (SSSR count). The maximum Gasteiger partial charge on any atom is 0.223 e. The first-order chi connectivity index (χ1) is 13.9. The summed E-state index contributed by atoms with van der Waals surface area (Å²) in [6, 6.07) is 10.4. The van der Waals surface area contributed by atoms with Crippen LogP contribution in [0.2, 0.25) is 0 Å². The standard InChI is InChI=1S/C23H32N4O2.2ClH/c1-4-29-20-7-5-16(19-6-8-21(24)27-15(19)2)13-17(20)14-23(22(25)28)11-9-18(26-3)10-12-23;;/h5-8,13,18,26H,4,9-12,14H2,1-3H3,(H2,24,27)(H2,25,28);2*1H. The van der Waals surface area contributed by atoms with Gasteiger partial charge in [0.2, 0.25) is 5.91 Å². The molecule has 0 radical (unpaired) electrons. The van der Waals surface area contributed by atoms with E-state index in [0.717, 1.165) is 53.8 Å². The molecule has 0 aliphatic heterocycles. The number of nitrogen functional groups attached to an aromatic ring is 1. The van der Waals surface area contributed by atoms with Crippen LogP contribution < -0.4 is 21.5 Å². The van der Waals surface area contributed by atoms with Crippen molar-refractivity contribution in [1.29, 1.82) is 0 Å². The number of primary amides is 1. The first kappa shape index (κ1) is 27.0. The predicted octanol–water partition coefficient (Wildman–Crippen LogP) is 4.06. The molecule has 2 aromatic rings. The number of hydrogen-bond donors (Lipinski definition) is 3. The Morgan fingerprint density at radius 3 is 2.45 bits per heavy atom. The second kappa shape index (κ2) is 11.6. The largest absolute Gasteiger partial charge is 0.494 e. The van der Waals surface area contributed by atoms with Gasteiger partial charge in [-0.25, -0.2) is 4.98 Å². The summed E-state index contributed by atoms with van der Waals surface area (Å²) in [5.74, 6) is 1.10. The van der Waals surface area contributed by atoms with E-state index in [1.807, 2.05) is 45.2 Å². The average molecular weight is 469 g/mol. The van der Waals surface area contributed by atoms with Gasteiger partial charge in [-0.2, -0.15) is 0 Å². The van der Waals surface area contributed by atoms with E-state index < -0.39 is 5.41 Å². The molecule has 1 aliphatic carbocycles. The van der Waals surface area contributed by atoms with Crippen LogP contribution in [0.15, 0.2) is 30.3 Å². The highest BCUT2D eigenvalue weighted by molar-refractivity contribution is 5.85. The second-order valence-corrected chi connectivity index (χ2v) is 8.01. The fraction of sp³-hybridized carbons (Fsp3) is 0.478. The van der Waals surface area contributed by atoms with Crippen molar-refractivity contribution in [3.05, 3.63) is 41.6 Å². The fourth-order valence-electron chi connectivity index (χ4n) is 4.40. The number of ether oxygens (including phenoxy) is 1. The van der Waals surface area contributed by atoms with Crippen LogP contribution in [-0.4, -0.2) is 30.6 Å². The first-order valence-corrected chi connectivity index (χ1v) is 10.3. The number of benzene rings is 1. The Kier molecular flexibility index (Phi) is 10.1. The van der Waals surface area contributed by atoms with Gasteiger partial charge in [0.05, 0.1) is 12.0 Å². The molecule has 31 heavy (non-hydrogen) atoms. The number of anilines is 1. The summed E-state index contributed by atoms with van der Waals surface area (Å²) in [5, 5.41) is 3.32. The van der Waals surface area contributed by atoms with Gasteiger partial charge in [0.25, 0.3) is 0 Å². The third kappa shape index (κ3) is 6.03. The van der Waals surface area contributed by atoms with Crippen molar-refractivity contribution in [2.75, 3.05) is 19.4 Å². The minimum Gasteiger partial charge on any atom is -0.494 e. The molecule has 1 aromatic carbocycles. The zero-order valence-electron chi connectivity index (χ0n) is 18.4. The topological polar surface area (TPSA) is 103 Å². The van der Waals surface area contributed by atoms with E-state index in [1.165, 1.54) is 0 Å². The summed E-state index contributed by atoms with van der Waals surface area (Å²) in [6.45, 7) is 4.49. The SMILES string of the molecule is CCOc1ccc(-c2ccc(N)nc2C)cc1CC1(C(N)=O)CCC(NC)CC1.Cl.Cl. The quantitative estimate of drug-likeness (QED) is 0.568. The van der Waals surface area contributed by atoms with Gasteiger partial charge in [-0.15, -0.1) is 24.8 Å². The van der Waals surface area contributed by atoms with Gasteiger partial charge in [-0.3, -0.25) is 4.79 Å². The number of nitrogens with zero attached hydrogens (tertiary/aromatic N) is 1. The molecule has 5 N–H and O–H groups in total. The molecule has 1 aliphatic rings. The van der Waals surface area contributed by atoms with E-state index in [9.17, 15) is 4.79 Å². The summed E-state index contributed by atoms with van der Waals surface area (Å²) in [5.41, 5.74) is 15.2. The van der Waals surface area contributed by atoms with E-state index in [1.54, 1.807) is 0 Å². The monoisotopic (exact) mass is 468 g/mol. The highest BCUT2D eigenvalue weighted by Crippen LogP contribution is 2.42. The smallest absolute Gasteiger partial charge is 0.223 e. The predicted molar refractivity (Wildman–Crippen MR) is 131 cm³/mol. The summed E-state index contributed by atoms with van der Waals surface area (Å²) in [7, 11) is 1.97. The van der Waals surface area contributed by atoms with Crippen molar-refractivity contribution in [2.45, 2.75) is 52.0 Å². The molecule has 1 amide bonds. The molecule has 172 valence electrons. The van der Waals surface area contributed by atoms with Crippen molar-refractivity contribution in [3.63, 3.8) is 0 Å². The Balaban J connectivity index is 0.00000240. The minimum absolute atomic E-state index is 0. The summed E-state index contributed by atoms with van der Waals surface area (Å²) < 4.78 is 5.89. The molecule has 0 saturated heterocycles. The van der Waals surface area contributed by atoms with Crippen LogP contribution in [0.5, 0.6) is 5.75 Å². The molecule has 0 bridgehead atoms. The lowest BCUT2D eigenvalue weighted by molar-refractivity contribution is -0.129. The Bertz CT molecular complexity index is 884. The number of halogens is 2. The lowest BCUT2D eigenvalue weighted by Gasteiger charge is -2.38. The second-order valence-electron chi connectivity index (χ2n) is 8.01. The van der Waals surface area contributed by atoms with Crippen LogP contribution in [0.3, 0.4) is 0 Å². The van der Waals surface area contributed by atoms with Gasteiger partial charge in [0.1, 0.15) is 11.6 Å². The minimum atomic E-state index is -0.535. The molecule has 1 fully saturated rings. The zero-order chi connectivity index (χ0) is 21.0. The van der Waals surface area contributed by atoms with Crippen molar-refractivity contribution in [2.24, 2.45) is 11.1 Å². The normalized spacial score (nSPS) is 20.3. The average Bonchev–Trinajstić information content (AvgIpc) is 2.70. The highest BCUT2D eigenvalue weighted by atomic mass is 35.5. The van der Waals surface area contributed by atoms with Crippen LogP contribution in [0.1, 0.15) is 43.9 Å². The van der Waals surface area contributed by atoms with Crippen LogP contribution in [-0.2, 0) is 11.2 Å². The molecular weight excluding hydrogens is 435 g/mol. The molecule has 1 saturated carbocycles. The van der Waals surface area contributed by atoms with Crippen molar-refractivity contribution >= 4 is 36.5 Å². The number of amides is 1. The highest BCUT2D eigenvalue weighted by Gasteiger charge is 2.40. The summed E-state index contributed by atoms with van der Waals surface area (Å²) in [4.78, 5) is 16.9. The number of nitrogens with two attached hydrogens (primary N) is 2. The summed E-state index contributed by atoms with van der Waals surface area (Å²) in [6.07, 6.45) is 4.05. The number of nitrogens with one attached hydrogen (secondary N) is 1. The summed E-state index contributed by atoms with van der Waals surface area (Å²) >= 11 is 0. The Hall–Kier alpha value is -2.02. The molecule has 8 heteroatoms. The number of aromatic nitrogens is 1. The van der Waals surface area contributed by atoms with E-state index in [0.29, 0.717) is 24.9 Å². The van der Waals surface area contributed by atoms with Gasteiger partial charge in [0.15, 0.2) is 0 Å². The number of rotatable bonds is 7. The molecule has 6 nitrogen and oxygen atoms in total. The van der Waals surface area contributed by atoms with Crippen molar-refractivity contribution in [1.82, 2.24) is 10.3 Å². The first-order valence-electron chi connectivity index (χ1n) is 10.3. The van der Waals surface area contributed by atoms with Crippen LogP contribution in [0.25, 0.3) is 11.1 Å². The Labute approximate surface area is 197 Å². The Morgan fingerprint density at radius 2 is 1.90 bits per heavy atom. The number of pyridine rings is 1. The molecule has 0 spiro atoms. The van der Waals surface area contributed by atoms with E-state index >= 15 is 0 Å². The maximum absolute atomic E-state index is 12.5. The van der Waals surface area contributed by atoms with Crippen LogP contribution >= 0.6 is 24.8 Å². The molecule has 0 atom stereocenters. The van der Waals surface area contributed by atoms with E-state index in [2.05, 4.69) is 16.4 Å². The molecule has 0 unspecified atom stereocenters. The molecule has 1 aromatic heterocycles. The lowest BCUT2D eigenvalue weighted by Crippen LogP contribution is -2.45. The third-order valence-electron chi connectivity index (χ3n) is 6.18. The number of carbonyl (C=O) groups is 1. The molecule has 1 heterocycles. The van der Waals surface area contributed by atoms with Gasteiger partial charge in [0, 0.05) is 17.3 Å². The van der Waals surface area contributed by atoms with E-state index in [-0.39, 0.29) is 30.7 Å². The van der Waals surface area contributed by atoms with E-state index in [4.69, 9.17) is 16.2 Å². The number of hydrogen-bond acceptors (Lipinski definition) is 5. The van der Waals surface area contributed by atoms with Crippen LogP contribution in [0.4, 0.5) is 5.82 Å². The van der Waals surface area contributed by atoms with Gasteiger partial charge in [-0.05, 0) is 88.4 Å². The van der Waals surface area contributed by atoms with Crippen LogP contribution in [0, 0.1) is 12.3 Å². The van der Waals surface area contributed by atoms with Crippen molar-refractivity contribution in [3.8, 4) is 16.9 Å². The number of aryl methyl sites for hydroxylation is 1. The maximum atomic E-state index is 12.5. The zero-order valence-corrected chi connectivity index (χ0v) is 20.1. The Morgan fingerprint density at radius 1 is 1.23 bits per heavy atom. The lowest BCUT2D eigenvalue weighted by atomic mass is 9.68. The molecular formula is C23H34Cl2N4O2. The van der Waals surface area contributed by atoms with Gasteiger partial charge >= 0.3 is 0 Å². The number of carbonyl (C=O) groups excluding carboxylic acids is 1. The van der Waals surface area contributed by atoms with Gasteiger partial charge in [-0.1, -0.05) is 6.07 Å². The fourth-order valence-corrected chi connectivity index (χ4v) is 4.40. The van der Waals surface area contributed by atoms with Crippen molar-refractivity contribution < 1.29 is 9.53 Å². The third-order valence-corrected chi connectivity index (χ3v) is 6.18.